The molecular formula is C18H21FN4O2. The summed E-state index contributed by atoms with van der Waals surface area (Å²) in [6.45, 7) is 5.53. The van der Waals surface area contributed by atoms with E-state index in [1.165, 1.54) is 12.1 Å². The lowest BCUT2D eigenvalue weighted by molar-refractivity contribution is 0.0450. The number of piperazine rings is 1. The highest BCUT2D eigenvalue weighted by atomic mass is 19.1. The van der Waals surface area contributed by atoms with Crippen LogP contribution in [0, 0.1) is 5.82 Å². The number of ether oxygens (including phenoxy) is 1. The van der Waals surface area contributed by atoms with Gasteiger partial charge in [0.2, 0.25) is 0 Å². The fourth-order valence-corrected chi connectivity index (χ4v) is 3.82. The Labute approximate surface area is 145 Å². The van der Waals surface area contributed by atoms with Gasteiger partial charge in [0.05, 0.1) is 17.4 Å². The van der Waals surface area contributed by atoms with Crippen molar-refractivity contribution in [2.45, 2.75) is 25.4 Å². The summed E-state index contributed by atoms with van der Waals surface area (Å²) in [6, 6.07) is 6.40. The highest BCUT2D eigenvalue weighted by Crippen LogP contribution is 2.33. The zero-order valence-electron chi connectivity index (χ0n) is 14.2. The van der Waals surface area contributed by atoms with Gasteiger partial charge in [0, 0.05) is 37.3 Å². The maximum atomic E-state index is 13.2. The summed E-state index contributed by atoms with van der Waals surface area (Å²) in [6.07, 6.45) is 2.49. The van der Waals surface area contributed by atoms with Gasteiger partial charge < -0.3 is 4.74 Å². The van der Waals surface area contributed by atoms with E-state index in [4.69, 9.17) is 4.74 Å². The lowest BCUT2D eigenvalue weighted by atomic mass is 9.92. The standard InChI is InChI=1S/C18H21FN4O2/c1-2-18-11-22(7-8-23(18)17(24)25-12-18)10-14-9-20-21-16(14)13-3-5-15(19)6-4-13/h3-6,9H,2,7-8,10-12H2,1H3,(H,20,21). The van der Waals surface area contributed by atoms with E-state index in [2.05, 4.69) is 22.0 Å². The second-order valence-corrected chi connectivity index (χ2v) is 6.77. The van der Waals surface area contributed by atoms with E-state index >= 15 is 0 Å². The van der Waals surface area contributed by atoms with Crippen LogP contribution in [0.4, 0.5) is 9.18 Å². The Morgan fingerprint density at radius 2 is 2.12 bits per heavy atom. The Bertz CT molecular complexity index is 776. The number of hydrogen-bond donors (Lipinski definition) is 1. The second-order valence-electron chi connectivity index (χ2n) is 6.77. The van der Waals surface area contributed by atoms with Crippen LogP contribution in [0.1, 0.15) is 18.9 Å². The van der Waals surface area contributed by atoms with Crippen LogP contribution in [0.3, 0.4) is 0 Å². The molecule has 1 amide bonds. The minimum Gasteiger partial charge on any atom is -0.447 e. The molecule has 2 aromatic rings. The van der Waals surface area contributed by atoms with Crippen molar-refractivity contribution < 1.29 is 13.9 Å². The quantitative estimate of drug-likeness (QED) is 0.926. The lowest BCUT2D eigenvalue weighted by Crippen LogP contribution is -2.60. The van der Waals surface area contributed by atoms with Crippen molar-refractivity contribution in [1.29, 1.82) is 0 Å². The van der Waals surface area contributed by atoms with Crippen molar-refractivity contribution in [2.75, 3.05) is 26.2 Å². The van der Waals surface area contributed by atoms with E-state index in [0.717, 1.165) is 42.9 Å². The van der Waals surface area contributed by atoms with E-state index < -0.39 is 0 Å². The van der Waals surface area contributed by atoms with E-state index in [1.54, 1.807) is 12.1 Å². The van der Waals surface area contributed by atoms with Gasteiger partial charge in [-0.05, 0) is 30.7 Å². The summed E-state index contributed by atoms with van der Waals surface area (Å²) in [7, 11) is 0. The van der Waals surface area contributed by atoms with Crippen molar-refractivity contribution in [1.82, 2.24) is 20.0 Å². The van der Waals surface area contributed by atoms with Crippen LogP contribution >= 0.6 is 0 Å². The number of fused-ring (bicyclic) bond motifs is 1. The predicted molar refractivity (Wildman–Crippen MR) is 90.3 cm³/mol. The summed E-state index contributed by atoms with van der Waals surface area (Å²) in [5.41, 5.74) is 2.66. The molecule has 132 valence electrons. The number of nitrogens with one attached hydrogen (secondary N) is 1. The monoisotopic (exact) mass is 344 g/mol. The molecule has 0 spiro atoms. The molecule has 1 aromatic heterocycles. The van der Waals surface area contributed by atoms with Gasteiger partial charge in [0.15, 0.2) is 0 Å². The van der Waals surface area contributed by atoms with Gasteiger partial charge in [0.1, 0.15) is 12.4 Å². The first kappa shape index (κ1) is 16.1. The molecule has 2 aliphatic rings. The molecule has 0 bridgehead atoms. The minimum atomic E-state index is -0.253. The molecule has 6 nitrogen and oxygen atoms in total. The molecule has 0 radical (unpaired) electrons. The van der Waals surface area contributed by atoms with E-state index in [1.807, 2.05) is 11.1 Å². The Balaban J connectivity index is 1.53. The van der Waals surface area contributed by atoms with Crippen LogP contribution in [0.5, 0.6) is 0 Å². The molecule has 0 aliphatic carbocycles. The number of carbonyl (C=O) groups is 1. The van der Waals surface area contributed by atoms with Crippen molar-refractivity contribution in [3.8, 4) is 11.3 Å². The maximum absolute atomic E-state index is 13.2. The number of amides is 1. The van der Waals surface area contributed by atoms with Crippen LogP contribution in [0.25, 0.3) is 11.3 Å². The second kappa shape index (κ2) is 6.15. The van der Waals surface area contributed by atoms with Crippen LogP contribution < -0.4 is 0 Å². The lowest BCUT2D eigenvalue weighted by Gasteiger charge is -2.44. The van der Waals surface area contributed by atoms with Crippen molar-refractivity contribution in [2.24, 2.45) is 0 Å². The number of halogens is 1. The Kier molecular flexibility index (Phi) is 3.95. The number of benzene rings is 1. The molecule has 1 N–H and O–H groups in total. The number of aromatic nitrogens is 2. The van der Waals surface area contributed by atoms with Crippen molar-refractivity contribution in [3.63, 3.8) is 0 Å². The van der Waals surface area contributed by atoms with Gasteiger partial charge in [-0.15, -0.1) is 0 Å². The van der Waals surface area contributed by atoms with Gasteiger partial charge in [-0.3, -0.25) is 14.9 Å². The molecule has 0 saturated carbocycles. The number of carbonyl (C=O) groups excluding carboxylic acids is 1. The SMILES string of the molecule is CCC12COC(=O)N1CCN(Cc1cn[nH]c1-c1ccc(F)cc1)C2. The van der Waals surface area contributed by atoms with Gasteiger partial charge in [0.25, 0.3) is 0 Å². The van der Waals surface area contributed by atoms with E-state index in [-0.39, 0.29) is 17.4 Å². The third-order valence-electron chi connectivity index (χ3n) is 5.32. The summed E-state index contributed by atoms with van der Waals surface area (Å²) in [4.78, 5) is 16.1. The smallest absolute Gasteiger partial charge is 0.410 e. The number of rotatable bonds is 4. The third-order valence-corrected chi connectivity index (χ3v) is 5.32. The summed E-state index contributed by atoms with van der Waals surface area (Å²) in [5, 5.41) is 7.19. The topological polar surface area (TPSA) is 61.5 Å². The number of nitrogens with zero attached hydrogens (tertiary/aromatic N) is 3. The summed E-state index contributed by atoms with van der Waals surface area (Å²) >= 11 is 0. The van der Waals surface area contributed by atoms with Gasteiger partial charge in [-0.2, -0.15) is 5.10 Å². The molecule has 2 aliphatic heterocycles. The van der Waals surface area contributed by atoms with Crippen LogP contribution in [0.2, 0.25) is 0 Å². The fourth-order valence-electron chi connectivity index (χ4n) is 3.82. The molecule has 3 heterocycles. The highest BCUT2D eigenvalue weighted by molar-refractivity contribution is 5.71. The molecule has 1 unspecified atom stereocenters. The molecule has 1 aromatic carbocycles. The van der Waals surface area contributed by atoms with Crippen LogP contribution in [-0.4, -0.2) is 57.9 Å². The average molecular weight is 344 g/mol. The zero-order valence-corrected chi connectivity index (χ0v) is 14.2. The molecular weight excluding hydrogens is 323 g/mol. The first-order valence-electron chi connectivity index (χ1n) is 8.56. The molecule has 1 atom stereocenters. The normalized spacial score (nSPS) is 23.6. The van der Waals surface area contributed by atoms with Gasteiger partial charge in [-0.1, -0.05) is 6.92 Å². The Hall–Kier alpha value is -2.41. The van der Waals surface area contributed by atoms with Crippen molar-refractivity contribution in [3.05, 3.63) is 41.8 Å². The molecule has 4 rings (SSSR count). The molecule has 2 saturated heterocycles. The van der Waals surface area contributed by atoms with Crippen LogP contribution in [-0.2, 0) is 11.3 Å². The Morgan fingerprint density at radius 1 is 1.32 bits per heavy atom. The number of cyclic esters (lactones) is 1. The average Bonchev–Trinajstić information content (AvgIpc) is 3.21. The zero-order chi connectivity index (χ0) is 17.4. The largest absolute Gasteiger partial charge is 0.447 e. The summed E-state index contributed by atoms with van der Waals surface area (Å²) < 4.78 is 18.4. The summed E-state index contributed by atoms with van der Waals surface area (Å²) in [5.74, 6) is -0.253. The Morgan fingerprint density at radius 3 is 2.88 bits per heavy atom. The first-order valence-corrected chi connectivity index (χ1v) is 8.56. The predicted octanol–water partition coefficient (Wildman–Crippen LogP) is 2.63. The van der Waals surface area contributed by atoms with Crippen LogP contribution in [0.15, 0.2) is 30.5 Å². The molecule has 25 heavy (non-hydrogen) atoms. The molecule has 2 fully saturated rings. The minimum absolute atomic E-state index is 0.197. The maximum Gasteiger partial charge on any atom is 0.410 e. The highest BCUT2D eigenvalue weighted by Gasteiger charge is 2.49. The number of hydrogen-bond acceptors (Lipinski definition) is 4. The molecule has 7 heteroatoms. The van der Waals surface area contributed by atoms with E-state index in [0.29, 0.717) is 13.2 Å². The number of aromatic amines is 1. The van der Waals surface area contributed by atoms with Crippen molar-refractivity contribution >= 4 is 6.09 Å². The van der Waals surface area contributed by atoms with Gasteiger partial charge in [-0.25, -0.2) is 9.18 Å². The number of H-pyrrole nitrogens is 1. The fraction of sp³-hybridized carbons (Fsp3) is 0.444. The van der Waals surface area contributed by atoms with E-state index in [9.17, 15) is 9.18 Å². The van der Waals surface area contributed by atoms with Gasteiger partial charge >= 0.3 is 6.09 Å². The first-order chi connectivity index (χ1) is 12.1. The third kappa shape index (κ3) is 2.78.